The van der Waals surface area contributed by atoms with Crippen molar-refractivity contribution in [3.63, 3.8) is 0 Å². The summed E-state index contributed by atoms with van der Waals surface area (Å²) in [6.45, 7) is 0. The third kappa shape index (κ3) is 2.39. The lowest BCUT2D eigenvalue weighted by atomic mass is 10.2. The van der Waals surface area contributed by atoms with Crippen molar-refractivity contribution in [2.45, 2.75) is 0 Å². The van der Waals surface area contributed by atoms with Crippen molar-refractivity contribution in [1.82, 2.24) is 9.97 Å². The van der Waals surface area contributed by atoms with Crippen LogP contribution in [0.15, 0.2) is 71.0 Å². The minimum Gasteiger partial charge on any atom is -0.254 e. The first-order valence-corrected chi connectivity index (χ1v) is 7.32. The van der Waals surface area contributed by atoms with Gasteiger partial charge < -0.3 is 0 Å². The highest BCUT2D eigenvalue weighted by Crippen LogP contribution is 2.29. The Morgan fingerprint density at radius 1 is 0.857 bits per heavy atom. The molecule has 0 N–H and O–H groups in total. The molecule has 0 spiro atoms. The van der Waals surface area contributed by atoms with Crippen molar-refractivity contribution < 1.29 is 0 Å². The molecule has 100 valence electrons. The molecule has 2 aromatic carbocycles. The summed E-state index contributed by atoms with van der Waals surface area (Å²) in [4.78, 5) is 8.79. The van der Waals surface area contributed by atoms with Crippen molar-refractivity contribution in [2.24, 2.45) is 10.2 Å². The number of pyridine rings is 1. The van der Waals surface area contributed by atoms with E-state index in [1.165, 1.54) is 11.3 Å². The van der Waals surface area contributed by atoms with Gasteiger partial charge in [-0.3, -0.25) is 4.98 Å². The zero-order valence-electron chi connectivity index (χ0n) is 11.0. The van der Waals surface area contributed by atoms with Gasteiger partial charge in [0.15, 0.2) is 0 Å². The summed E-state index contributed by atoms with van der Waals surface area (Å²) in [5.74, 6) is 0. The molecular weight excluding hydrogens is 280 g/mol. The summed E-state index contributed by atoms with van der Waals surface area (Å²) in [7, 11) is 0. The number of para-hydroxylation sites is 2. The molecule has 0 bridgehead atoms. The summed E-state index contributed by atoms with van der Waals surface area (Å²) in [6, 6.07) is 17.9. The zero-order chi connectivity index (χ0) is 14.1. The van der Waals surface area contributed by atoms with Crippen LogP contribution in [0, 0.1) is 0 Å². The van der Waals surface area contributed by atoms with Gasteiger partial charge in [-0.2, -0.15) is 0 Å². The van der Waals surface area contributed by atoms with Gasteiger partial charge in [-0.25, -0.2) is 4.98 Å². The highest BCUT2D eigenvalue weighted by molar-refractivity contribution is 7.21. The molecule has 4 nitrogen and oxygen atoms in total. The maximum atomic E-state index is 4.43. The van der Waals surface area contributed by atoms with E-state index in [9.17, 15) is 0 Å². The molecule has 4 aromatic rings. The molecule has 4 rings (SSSR count). The Labute approximate surface area is 124 Å². The summed E-state index contributed by atoms with van der Waals surface area (Å²) in [5.41, 5.74) is 2.64. The molecule has 5 heteroatoms. The first-order chi connectivity index (χ1) is 10.4. The molecule has 0 aliphatic heterocycles. The number of hydrogen-bond donors (Lipinski definition) is 0. The predicted molar refractivity (Wildman–Crippen MR) is 85.5 cm³/mol. The van der Waals surface area contributed by atoms with E-state index in [4.69, 9.17) is 0 Å². The van der Waals surface area contributed by atoms with Crippen LogP contribution in [0.2, 0.25) is 0 Å². The summed E-state index contributed by atoms with van der Waals surface area (Å²) in [6.07, 6.45) is 1.72. The second kappa shape index (κ2) is 5.03. The Bertz CT molecular complexity index is 925. The fourth-order valence-corrected chi connectivity index (χ4v) is 2.90. The van der Waals surface area contributed by atoms with Crippen molar-refractivity contribution in [3.8, 4) is 0 Å². The minimum atomic E-state index is 0.657. The van der Waals surface area contributed by atoms with Gasteiger partial charge in [0.05, 0.1) is 21.9 Å². The van der Waals surface area contributed by atoms with Crippen LogP contribution in [0.25, 0.3) is 21.1 Å². The molecule has 0 fully saturated rings. The molecule has 0 atom stereocenters. The van der Waals surface area contributed by atoms with Gasteiger partial charge in [0.2, 0.25) is 5.13 Å². The second-order valence-corrected chi connectivity index (χ2v) is 5.56. The van der Waals surface area contributed by atoms with E-state index in [0.29, 0.717) is 5.13 Å². The van der Waals surface area contributed by atoms with Crippen molar-refractivity contribution in [1.29, 1.82) is 0 Å². The topological polar surface area (TPSA) is 50.5 Å². The van der Waals surface area contributed by atoms with Crippen molar-refractivity contribution in [2.75, 3.05) is 0 Å². The molecule has 0 saturated heterocycles. The molecule has 21 heavy (non-hydrogen) atoms. The molecule has 0 aliphatic carbocycles. The number of thiazole rings is 1. The number of azo groups is 1. The van der Waals surface area contributed by atoms with E-state index < -0.39 is 0 Å². The number of benzene rings is 2. The molecule has 0 amide bonds. The summed E-state index contributed by atoms with van der Waals surface area (Å²) >= 11 is 1.53. The monoisotopic (exact) mass is 290 g/mol. The zero-order valence-corrected chi connectivity index (χ0v) is 11.8. The molecular formula is C16H10N4S. The highest BCUT2D eigenvalue weighted by atomic mass is 32.1. The van der Waals surface area contributed by atoms with E-state index in [0.717, 1.165) is 26.8 Å². The largest absolute Gasteiger partial charge is 0.254 e. The van der Waals surface area contributed by atoms with Crippen LogP contribution in [-0.2, 0) is 0 Å². The van der Waals surface area contributed by atoms with Gasteiger partial charge in [0.1, 0.15) is 5.69 Å². The molecule has 0 saturated carbocycles. The average molecular weight is 290 g/mol. The fourth-order valence-electron chi connectivity index (χ4n) is 2.12. The Morgan fingerprint density at radius 2 is 1.67 bits per heavy atom. The molecule has 2 heterocycles. The van der Waals surface area contributed by atoms with Crippen LogP contribution >= 0.6 is 11.3 Å². The third-order valence-corrected chi connectivity index (χ3v) is 4.03. The maximum Gasteiger partial charge on any atom is 0.231 e. The first-order valence-electron chi connectivity index (χ1n) is 6.51. The van der Waals surface area contributed by atoms with Gasteiger partial charge in [-0.1, -0.05) is 41.7 Å². The van der Waals surface area contributed by atoms with E-state index in [1.54, 1.807) is 6.20 Å². The van der Waals surface area contributed by atoms with E-state index in [2.05, 4.69) is 20.2 Å². The SMILES string of the molecule is c1ccc2ncc(N=Nc3nc4ccccc4s3)cc2c1. The Kier molecular flexibility index (Phi) is 2.90. The highest BCUT2D eigenvalue weighted by Gasteiger charge is 2.01. The predicted octanol–water partition coefficient (Wildman–Crippen LogP) is 5.26. The summed E-state index contributed by atoms with van der Waals surface area (Å²) in [5, 5.41) is 10.2. The van der Waals surface area contributed by atoms with E-state index in [1.807, 2.05) is 54.6 Å². The fraction of sp³-hybridized carbons (Fsp3) is 0. The Balaban J connectivity index is 1.69. The minimum absolute atomic E-state index is 0.657. The quantitative estimate of drug-likeness (QED) is 0.473. The number of fused-ring (bicyclic) bond motifs is 2. The maximum absolute atomic E-state index is 4.43. The molecule has 0 radical (unpaired) electrons. The van der Waals surface area contributed by atoms with Gasteiger partial charge in [0.25, 0.3) is 0 Å². The van der Waals surface area contributed by atoms with Crippen LogP contribution in [0.1, 0.15) is 0 Å². The van der Waals surface area contributed by atoms with Gasteiger partial charge in [-0.05, 0) is 24.3 Å². The van der Waals surface area contributed by atoms with E-state index >= 15 is 0 Å². The lowest BCUT2D eigenvalue weighted by Gasteiger charge is -1.96. The molecule has 0 unspecified atom stereocenters. The van der Waals surface area contributed by atoms with Gasteiger partial charge in [0, 0.05) is 5.39 Å². The van der Waals surface area contributed by atoms with Crippen LogP contribution in [-0.4, -0.2) is 9.97 Å². The molecule has 0 aliphatic rings. The average Bonchev–Trinajstić information content (AvgIpc) is 2.95. The van der Waals surface area contributed by atoms with Crippen LogP contribution in [0.3, 0.4) is 0 Å². The van der Waals surface area contributed by atoms with Crippen LogP contribution in [0.4, 0.5) is 10.8 Å². The van der Waals surface area contributed by atoms with Crippen LogP contribution in [0.5, 0.6) is 0 Å². The molecule has 2 aromatic heterocycles. The van der Waals surface area contributed by atoms with Crippen LogP contribution < -0.4 is 0 Å². The second-order valence-electron chi connectivity index (χ2n) is 4.55. The third-order valence-electron chi connectivity index (χ3n) is 3.11. The van der Waals surface area contributed by atoms with Crippen molar-refractivity contribution in [3.05, 3.63) is 60.8 Å². The number of aromatic nitrogens is 2. The van der Waals surface area contributed by atoms with E-state index in [-0.39, 0.29) is 0 Å². The number of rotatable bonds is 2. The summed E-state index contributed by atoms with van der Waals surface area (Å²) < 4.78 is 1.11. The number of hydrogen-bond acceptors (Lipinski definition) is 5. The Morgan fingerprint density at radius 3 is 2.57 bits per heavy atom. The normalized spacial score (nSPS) is 11.6. The first kappa shape index (κ1) is 12.1. The lowest BCUT2D eigenvalue weighted by molar-refractivity contribution is 1.20. The van der Waals surface area contributed by atoms with Gasteiger partial charge in [-0.15, -0.1) is 10.2 Å². The lowest BCUT2D eigenvalue weighted by Crippen LogP contribution is -1.76. The van der Waals surface area contributed by atoms with Gasteiger partial charge >= 0.3 is 0 Å². The van der Waals surface area contributed by atoms with Crippen molar-refractivity contribution >= 4 is 43.3 Å². The Hall–Kier alpha value is -2.66. The smallest absolute Gasteiger partial charge is 0.231 e. The number of nitrogens with zero attached hydrogens (tertiary/aromatic N) is 4. The standard InChI is InChI=1S/C16H10N4S/c1-2-6-13-11(5-1)9-12(10-17-13)19-20-16-18-14-7-3-4-8-15(14)21-16/h1-10H.